The number of hydrogen-bond donors (Lipinski definition) is 2. The fourth-order valence-corrected chi connectivity index (χ4v) is 3.49. The van der Waals surface area contributed by atoms with Crippen molar-refractivity contribution in [3.63, 3.8) is 0 Å². The summed E-state index contributed by atoms with van der Waals surface area (Å²) in [5.74, 6) is -0.522. The van der Waals surface area contributed by atoms with Gasteiger partial charge < -0.3 is 15.7 Å². The Hall–Kier alpha value is -2.75. The molecule has 6 heteroatoms. The van der Waals surface area contributed by atoms with Gasteiger partial charge in [0.25, 0.3) is 0 Å². The molecule has 0 aliphatic carbocycles. The molecular weight excluding hydrogens is 345 g/mol. The summed E-state index contributed by atoms with van der Waals surface area (Å²) in [6.07, 6.45) is 0.694. The summed E-state index contributed by atoms with van der Waals surface area (Å²) in [4.78, 5) is 14.5. The van der Waals surface area contributed by atoms with Crippen LogP contribution >= 0.6 is 0 Å². The molecule has 1 amide bonds. The van der Waals surface area contributed by atoms with E-state index in [1.165, 1.54) is 12.1 Å². The van der Waals surface area contributed by atoms with Gasteiger partial charge in [-0.05, 0) is 54.7 Å². The highest BCUT2D eigenvalue weighted by Gasteiger charge is 2.37. The second-order valence-corrected chi connectivity index (χ2v) is 6.90. The topological polar surface area (TPSA) is 90.3 Å². The number of nitrogens with two attached hydrogens (primary N) is 1. The van der Waals surface area contributed by atoms with Crippen molar-refractivity contribution in [1.82, 2.24) is 4.90 Å². The number of carbonyl (C=O) groups is 1. The Morgan fingerprint density at radius 1 is 1.22 bits per heavy atom. The van der Waals surface area contributed by atoms with Gasteiger partial charge in [0.15, 0.2) is 0 Å². The van der Waals surface area contributed by atoms with Gasteiger partial charge >= 0.3 is 0 Å². The zero-order valence-electron chi connectivity index (χ0n) is 14.9. The Balaban J connectivity index is 1.67. The van der Waals surface area contributed by atoms with Gasteiger partial charge in [-0.3, -0.25) is 4.79 Å². The lowest BCUT2D eigenvalue weighted by Gasteiger charge is -2.29. The molecule has 0 spiro atoms. The minimum atomic E-state index is -0.723. The van der Waals surface area contributed by atoms with E-state index in [4.69, 9.17) is 11.0 Å². The molecule has 0 radical (unpaired) electrons. The molecule has 0 saturated carbocycles. The van der Waals surface area contributed by atoms with Crippen LogP contribution in [0, 0.1) is 17.1 Å². The van der Waals surface area contributed by atoms with Crippen molar-refractivity contribution in [3.8, 4) is 6.07 Å². The van der Waals surface area contributed by atoms with E-state index in [1.54, 1.807) is 41.3 Å². The highest BCUT2D eigenvalue weighted by Crippen LogP contribution is 2.23. The number of carbonyl (C=O) groups excluding carboxylic acids is 1. The van der Waals surface area contributed by atoms with E-state index in [2.05, 4.69) is 6.07 Å². The number of nitriles is 1. The van der Waals surface area contributed by atoms with E-state index >= 15 is 0 Å². The van der Waals surface area contributed by atoms with Crippen LogP contribution in [0.3, 0.4) is 0 Å². The van der Waals surface area contributed by atoms with Crippen molar-refractivity contribution in [2.24, 2.45) is 5.73 Å². The van der Waals surface area contributed by atoms with Crippen LogP contribution in [-0.2, 0) is 17.6 Å². The van der Waals surface area contributed by atoms with Crippen molar-refractivity contribution in [2.75, 3.05) is 6.54 Å². The van der Waals surface area contributed by atoms with Gasteiger partial charge in [-0.2, -0.15) is 5.26 Å². The number of halogens is 1. The standard InChI is InChI=1S/C21H22FN3O2/c22-17-7-5-15(6-8-17)12-19-20(26)9-10-25(19)21(27)18(24)11-14-1-3-16(13-23)4-2-14/h1-8,18-20,26H,9-12,24H2/t18-,19+,20+/m1/s1. The largest absolute Gasteiger partial charge is 0.391 e. The van der Waals surface area contributed by atoms with E-state index in [-0.39, 0.29) is 17.8 Å². The number of nitrogens with zero attached hydrogens (tertiary/aromatic N) is 2. The molecule has 1 aliphatic rings. The molecule has 2 aromatic carbocycles. The molecule has 1 heterocycles. The molecule has 0 aromatic heterocycles. The summed E-state index contributed by atoms with van der Waals surface area (Å²) in [7, 11) is 0. The molecule has 0 bridgehead atoms. The SMILES string of the molecule is N#Cc1ccc(C[C@@H](N)C(=O)N2CC[C@H](O)[C@@H]2Cc2ccc(F)cc2)cc1. The maximum absolute atomic E-state index is 13.1. The predicted molar refractivity (Wildman–Crippen MR) is 99.1 cm³/mol. The molecule has 3 atom stereocenters. The zero-order chi connectivity index (χ0) is 19.4. The summed E-state index contributed by atoms with van der Waals surface area (Å²) < 4.78 is 13.1. The van der Waals surface area contributed by atoms with Gasteiger partial charge in [0.1, 0.15) is 5.82 Å². The quantitative estimate of drug-likeness (QED) is 0.843. The lowest BCUT2D eigenvalue weighted by atomic mass is 10.0. The van der Waals surface area contributed by atoms with Gasteiger partial charge in [-0.25, -0.2) is 4.39 Å². The Kier molecular flexibility index (Phi) is 5.84. The smallest absolute Gasteiger partial charge is 0.240 e. The average molecular weight is 367 g/mol. The van der Waals surface area contributed by atoms with Gasteiger partial charge in [-0.1, -0.05) is 24.3 Å². The lowest BCUT2D eigenvalue weighted by molar-refractivity contribution is -0.134. The average Bonchev–Trinajstić information content (AvgIpc) is 3.04. The second-order valence-electron chi connectivity index (χ2n) is 6.90. The molecule has 5 nitrogen and oxygen atoms in total. The molecule has 27 heavy (non-hydrogen) atoms. The molecule has 1 fully saturated rings. The Bertz CT molecular complexity index is 830. The summed E-state index contributed by atoms with van der Waals surface area (Å²) in [6, 6.07) is 14.0. The Morgan fingerprint density at radius 3 is 2.48 bits per heavy atom. The van der Waals surface area contributed by atoms with E-state index in [1.807, 2.05) is 0 Å². The third kappa shape index (κ3) is 4.51. The first kappa shape index (κ1) is 19.0. The number of rotatable bonds is 5. The minimum Gasteiger partial charge on any atom is -0.391 e. The summed E-state index contributed by atoms with van der Waals surface area (Å²) in [6.45, 7) is 0.451. The number of aliphatic hydroxyl groups excluding tert-OH is 1. The maximum Gasteiger partial charge on any atom is 0.240 e. The van der Waals surface area contributed by atoms with E-state index in [0.717, 1.165) is 11.1 Å². The first-order valence-corrected chi connectivity index (χ1v) is 8.95. The van der Waals surface area contributed by atoms with Crippen LogP contribution < -0.4 is 5.73 Å². The second kappa shape index (κ2) is 8.30. The lowest BCUT2D eigenvalue weighted by Crippen LogP contribution is -2.49. The highest BCUT2D eigenvalue weighted by molar-refractivity contribution is 5.82. The van der Waals surface area contributed by atoms with Crippen molar-refractivity contribution in [2.45, 2.75) is 37.5 Å². The Labute approximate surface area is 157 Å². The first-order valence-electron chi connectivity index (χ1n) is 8.95. The monoisotopic (exact) mass is 367 g/mol. The molecule has 0 unspecified atom stereocenters. The molecular formula is C21H22FN3O2. The third-order valence-electron chi connectivity index (χ3n) is 5.01. The number of likely N-dealkylation sites (tertiary alicyclic amines) is 1. The van der Waals surface area contributed by atoms with Gasteiger partial charge in [0, 0.05) is 6.54 Å². The summed E-state index contributed by atoms with van der Waals surface area (Å²) >= 11 is 0. The summed E-state index contributed by atoms with van der Waals surface area (Å²) in [5.41, 5.74) is 8.43. The van der Waals surface area contributed by atoms with Crippen molar-refractivity contribution in [1.29, 1.82) is 5.26 Å². The molecule has 3 rings (SSSR count). The number of amides is 1. The molecule has 2 aromatic rings. The fourth-order valence-electron chi connectivity index (χ4n) is 3.49. The number of hydrogen-bond acceptors (Lipinski definition) is 4. The molecule has 1 aliphatic heterocycles. The summed E-state index contributed by atoms with van der Waals surface area (Å²) in [5, 5.41) is 19.2. The first-order chi connectivity index (χ1) is 13.0. The fraction of sp³-hybridized carbons (Fsp3) is 0.333. The third-order valence-corrected chi connectivity index (χ3v) is 5.01. The van der Waals surface area contributed by atoms with Crippen LogP contribution in [0.5, 0.6) is 0 Å². The molecule has 1 saturated heterocycles. The van der Waals surface area contributed by atoms with E-state index in [9.17, 15) is 14.3 Å². The van der Waals surface area contributed by atoms with Crippen LogP contribution in [0.25, 0.3) is 0 Å². The Morgan fingerprint density at radius 2 is 1.85 bits per heavy atom. The van der Waals surface area contributed by atoms with Crippen molar-refractivity contribution in [3.05, 3.63) is 71.0 Å². The number of aliphatic hydroxyl groups is 1. The van der Waals surface area contributed by atoms with Gasteiger partial charge in [-0.15, -0.1) is 0 Å². The maximum atomic E-state index is 13.1. The number of benzene rings is 2. The van der Waals surface area contributed by atoms with Crippen LogP contribution in [-0.4, -0.2) is 40.6 Å². The molecule has 140 valence electrons. The highest BCUT2D eigenvalue weighted by atomic mass is 19.1. The van der Waals surface area contributed by atoms with E-state index < -0.39 is 12.1 Å². The normalized spacial score (nSPS) is 20.3. The minimum absolute atomic E-state index is 0.206. The van der Waals surface area contributed by atoms with Crippen molar-refractivity contribution >= 4 is 5.91 Å². The van der Waals surface area contributed by atoms with Crippen molar-refractivity contribution < 1.29 is 14.3 Å². The zero-order valence-corrected chi connectivity index (χ0v) is 14.9. The van der Waals surface area contributed by atoms with E-state index in [0.29, 0.717) is 31.4 Å². The predicted octanol–water partition coefficient (Wildman–Crippen LogP) is 1.77. The van der Waals surface area contributed by atoms with Crippen LogP contribution in [0.1, 0.15) is 23.1 Å². The molecule has 3 N–H and O–H groups in total. The van der Waals surface area contributed by atoms with Crippen LogP contribution in [0.2, 0.25) is 0 Å². The van der Waals surface area contributed by atoms with Gasteiger partial charge in [0.05, 0.1) is 29.8 Å². The van der Waals surface area contributed by atoms with Gasteiger partial charge in [0.2, 0.25) is 5.91 Å². The van der Waals surface area contributed by atoms with Crippen LogP contribution in [0.4, 0.5) is 4.39 Å². The van der Waals surface area contributed by atoms with Crippen LogP contribution in [0.15, 0.2) is 48.5 Å².